The van der Waals surface area contributed by atoms with Gasteiger partial charge < -0.3 is 10.1 Å². The fourth-order valence-corrected chi connectivity index (χ4v) is 1.16. The SMILES string of the molecule is CCCCOCCCCCNCC. The van der Waals surface area contributed by atoms with E-state index in [2.05, 4.69) is 19.2 Å². The van der Waals surface area contributed by atoms with Gasteiger partial charge in [-0.2, -0.15) is 0 Å². The maximum atomic E-state index is 5.46. The highest BCUT2D eigenvalue weighted by Crippen LogP contribution is 1.96. The third-order valence-electron chi connectivity index (χ3n) is 2.03. The summed E-state index contributed by atoms with van der Waals surface area (Å²) in [5.74, 6) is 0. The Morgan fingerprint density at radius 1 is 0.923 bits per heavy atom. The van der Waals surface area contributed by atoms with Gasteiger partial charge in [0, 0.05) is 13.2 Å². The largest absolute Gasteiger partial charge is 0.381 e. The first kappa shape index (κ1) is 12.9. The number of rotatable bonds is 10. The average molecular weight is 187 g/mol. The Kier molecular flexibility index (Phi) is 11.8. The molecule has 0 fully saturated rings. The molecule has 0 radical (unpaired) electrons. The number of unbranched alkanes of at least 4 members (excludes halogenated alkanes) is 3. The Bertz CT molecular complexity index is 76.2. The highest BCUT2D eigenvalue weighted by atomic mass is 16.5. The van der Waals surface area contributed by atoms with Crippen LogP contribution in [0.3, 0.4) is 0 Å². The zero-order valence-corrected chi connectivity index (χ0v) is 9.27. The number of ether oxygens (including phenoxy) is 1. The van der Waals surface area contributed by atoms with Crippen LogP contribution in [-0.4, -0.2) is 26.3 Å². The second kappa shape index (κ2) is 11.9. The predicted octanol–water partition coefficient (Wildman–Crippen LogP) is 2.58. The van der Waals surface area contributed by atoms with Gasteiger partial charge in [0.05, 0.1) is 0 Å². The van der Waals surface area contributed by atoms with Crippen LogP contribution in [0.1, 0.15) is 46.0 Å². The summed E-state index contributed by atoms with van der Waals surface area (Å²) in [6.07, 6.45) is 6.23. The van der Waals surface area contributed by atoms with E-state index in [1.807, 2.05) is 0 Å². The molecule has 0 spiro atoms. The topological polar surface area (TPSA) is 21.3 Å². The van der Waals surface area contributed by atoms with Crippen molar-refractivity contribution in [2.24, 2.45) is 0 Å². The highest BCUT2D eigenvalue weighted by Gasteiger charge is 1.89. The summed E-state index contributed by atoms with van der Waals surface area (Å²) in [7, 11) is 0. The van der Waals surface area contributed by atoms with Gasteiger partial charge in [-0.05, 0) is 38.8 Å². The number of hydrogen-bond donors (Lipinski definition) is 1. The molecule has 0 amide bonds. The van der Waals surface area contributed by atoms with Gasteiger partial charge in [-0.15, -0.1) is 0 Å². The van der Waals surface area contributed by atoms with E-state index >= 15 is 0 Å². The van der Waals surface area contributed by atoms with E-state index in [1.165, 1.54) is 32.1 Å². The van der Waals surface area contributed by atoms with Crippen molar-refractivity contribution in [1.82, 2.24) is 5.32 Å². The maximum Gasteiger partial charge on any atom is 0.0466 e. The standard InChI is InChI=1S/C11H25NO/c1-3-5-10-13-11-8-6-7-9-12-4-2/h12H,3-11H2,1-2H3. The van der Waals surface area contributed by atoms with E-state index in [4.69, 9.17) is 4.74 Å². The Morgan fingerprint density at radius 3 is 2.38 bits per heavy atom. The molecular formula is C11H25NO. The van der Waals surface area contributed by atoms with Crippen LogP contribution in [0.4, 0.5) is 0 Å². The first-order chi connectivity index (χ1) is 6.41. The van der Waals surface area contributed by atoms with Crippen LogP contribution in [-0.2, 0) is 4.74 Å². The second-order valence-electron chi connectivity index (χ2n) is 3.38. The van der Waals surface area contributed by atoms with Gasteiger partial charge in [-0.25, -0.2) is 0 Å². The highest BCUT2D eigenvalue weighted by molar-refractivity contribution is 4.45. The molecule has 0 aromatic rings. The van der Waals surface area contributed by atoms with Crippen molar-refractivity contribution in [2.75, 3.05) is 26.3 Å². The van der Waals surface area contributed by atoms with Gasteiger partial charge in [0.15, 0.2) is 0 Å². The van der Waals surface area contributed by atoms with Crippen molar-refractivity contribution in [2.45, 2.75) is 46.0 Å². The molecule has 0 saturated carbocycles. The van der Waals surface area contributed by atoms with Crippen LogP contribution in [0, 0.1) is 0 Å². The number of nitrogens with one attached hydrogen (secondary N) is 1. The van der Waals surface area contributed by atoms with Gasteiger partial charge in [-0.3, -0.25) is 0 Å². The Labute approximate surface area is 83.1 Å². The van der Waals surface area contributed by atoms with Gasteiger partial charge >= 0.3 is 0 Å². The minimum atomic E-state index is 0.948. The molecule has 80 valence electrons. The molecule has 0 saturated heterocycles. The van der Waals surface area contributed by atoms with Gasteiger partial charge in [0.1, 0.15) is 0 Å². The van der Waals surface area contributed by atoms with Crippen molar-refractivity contribution in [3.05, 3.63) is 0 Å². The van der Waals surface area contributed by atoms with Gasteiger partial charge in [0.25, 0.3) is 0 Å². The van der Waals surface area contributed by atoms with Crippen LogP contribution in [0.25, 0.3) is 0 Å². The lowest BCUT2D eigenvalue weighted by Crippen LogP contribution is -2.13. The zero-order valence-electron chi connectivity index (χ0n) is 9.27. The summed E-state index contributed by atoms with van der Waals surface area (Å²) in [6, 6.07) is 0. The molecule has 0 rings (SSSR count). The second-order valence-corrected chi connectivity index (χ2v) is 3.38. The summed E-state index contributed by atoms with van der Waals surface area (Å²) < 4.78 is 5.46. The molecular weight excluding hydrogens is 162 g/mol. The van der Waals surface area contributed by atoms with Crippen LogP contribution in [0.15, 0.2) is 0 Å². The van der Waals surface area contributed by atoms with E-state index in [-0.39, 0.29) is 0 Å². The Balaban J connectivity index is 2.76. The van der Waals surface area contributed by atoms with E-state index in [0.29, 0.717) is 0 Å². The first-order valence-electron chi connectivity index (χ1n) is 5.70. The van der Waals surface area contributed by atoms with E-state index in [1.54, 1.807) is 0 Å². The van der Waals surface area contributed by atoms with Gasteiger partial charge in [0.2, 0.25) is 0 Å². The molecule has 0 atom stereocenters. The van der Waals surface area contributed by atoms with Crippen molar-refractivity contribution < 1.29 is 4.74 Å². The Hall–Kier alpha value is -0.0800. The average Bonchev–Trinajstić information content (AvgIpc) is 2.16. The third kappa shape index (κ3) is 11.9. The van der Waals surface area contributed by atoms with E-state index in [9.17, 15) is 0 Å². The lowest BCUT2D eigenvalue weighted by molar-refractivity contribution is 0.127. The van der Waals surface area contributed by atoms with E-state index in [0.717, 1.165) is 26.3 Å². The summed E-state index contributed by atoms with van der Waals surface area (Å²) in [6.45, 7) is 8.49. The molecule has 13 heavy (non-hydrogen) atoms. The molecule has 0 heterocycles. The zero-order chi connectivity index (χ0) is 9.78. The fourth-order valence-electron chi connectivity index (χ4n) is 1.16. The molecule has 2 heteroatoms. The molecule has 0 bridgehead atoms. The predicted molar refractivity (Wildman–Crippen MR) is 58.1 cm³/mol. The molecule has 0 unspecified atom stereocenters. The first-order valence-corrected chi connectivity index (χ1v) is 5.70. The van der Waals surface area contributed by atoms with Crippen LogP contribution in [0.2, 0.25) is 0 Å². The molecule has 0 aromatic heterocycles. The van der Waals surface area contributed by atoms with Crippen LogP contribution >= 0.6 is 0 Å². The van der Waals surface area contributed by atoms with Crippen molar-refractivity contribution in [3.63, 3.8) is 0 Å². The molecule has 0 aliphatic carbocycles. The minimum Gasteiger partial charge on any atom is -0.381 e. The van der Waals surface area contributed by atoms with Crippen LogP contribution < -0.4 is 5.32 Å². The molecule has 0 aromatic carbocycles. The summed E-state index contributed by atoms with van der Waals surface area (Å²) in [4.78, 5) is 0. The summed E-state index contributed by atoms with van der Waals surface area (Å²) in [5.41, 5.74) is 0. The van der Waals surface area contributed by atoms with Gasteiger partial charge in [-0.1, -0.05) is 20.3 Å². The summed E-state index contributed by atoms with van der Waals surface area (Å²) >= 11 is 0. The molecule has 2 nitrogen and oxygen atoms in total. The summed E-state index contributed by atoms with van der Waals surface area (Å²) in [5, 5.41) is 3.32. The van der Waals surface area contributed by atoms with E-state index < -0.39 is 0 Å². The number of hydrogen-bond acceptors (Lipinski definition) is 2. The fraction of sp³-hybridized carbons (Fsp3) is 1.00. The molecule has 1 N–H and O–H groups in total. The Morgan fingerprint density at radius 2 is 1.69 bits per heavy atom. The molecule has 0 aliphatic rings. The third-order valence-corrected chi connectivity index (χ3v) is 2.03. The smallest absolute Gasteiger partial charge is 0.0466 e. The molecule has 0 aliphatic heterocycles. The maximum absolute atomic E-state index is 5.46. The lowest BCUT2D eigenvalue weighted by atomic mass is 10.2. The van der Waals surface area contributed by atoms with Crippen molar-refractivity contribution in [3.8, 4) is 0 Å². The lowest BCUT2D eigenvalue weighted by Gasteiger charge is -2.03. The monoisotopic (exact) mass is 187 g/mol. The normalized spacial score (nSPS) is 10.6. The quantitative estimate of drug-likeness (QED) is 0.531. The van der Waals surface area contributed by atoms with Crippen LogP contribution in [0.5, 0.6) is 0 Å². The van der Waals surface area contributed by atoms with Crippen molar-refractivity contribution >= 4 is 0 Å². The van der Waals surface area contributed by atoms with Crippen molar-refractivity contribution in [1.29, 1.82) is 0 Å². The minimum absolute atomic E-state index is 0.948.